The lowest BCUT2D eigenvalue weighted by molar-refractivity contribution is -0.117. The third-order valence-corrected chi connectivity index (χ3v) is 3.83. The van der Waals surface area contributed by atoms with Gasteiger partial charge in [-0.2, -0.15) is 5.26 Å². The largest absolute Gasteiger partial charge is 0.488 e. The second kappa shape index (κ2) is 9.16. The van der Waals surface area contributed by atoms with Gasteiger partial charge in [-0.05, 0) is 55.8 Å². The van der Waals surface area contributed by atoms with Crippen molar-refractivity contribution >= 4 is 27.9 Å². The lowest BCUT2D eigenvalue weighted by atomic mass is 10.1. The highest BCUT2D eigenvalue weighted by molar-refractivity contribution is 9.10. The van der Waals surface area contributed by atoms with Crippen molar-refractivity contribution in [2.75, 3.05) is 0 Å². The summed E-state index contributed by atoms with van der Waals surface area (Å²) in [5, 5.41) is 12.0. The number of ether oxygens (including phenoxy) is 1. The first-order chi connectivity index (χ1) is 12.4. The van der Waals surface area contributed by atoms with Crippen molar-refractivity contribution in [3.8, 4) is 11.8 Å². The van der Waals surface area contributed by atoms with E-state index < -0.39 is 5.91 Å². The van der Waals surface area contributed by atoms with Gasteiger partial charge >= 0.3 is 0 Å². The zero-order valence-electron chi connectivity index (χ0n) is 14.4. The quantitative estimate of drug-likeness (QED) is 0.552. The predicted molar refractivity (Wildman–Crippen MR) is 102 cm³/mol. The van der Waals surface area contributed by atoms with Crippen LogP contribution in [0.4, 0.5) is 4.39 Å². The summed E-state index contributed by atoms with van der Waals surface area (Å²) in [6, 6.07) is 13.2. The Morgan fingerprint density at radius 2 is 2.12 bits per heavy atom. The van der Waals surface area contributed by atoms with Crippen molar-refractivity contribution in [3.05, 3.63) is 69.5 Å². The van der Waals surface area contributed by atoms with Crippen LogP contribution in [0, 0.1) is 17.1 Å². The van der Waals surface area contributed by atoms with E-state index in [1.807, 2.05) is 19.9 Å². The predicted octanol–water partition coefficient (Wildman–Crippen LogP) is 4.60. The number of hydrogen-bond acceptors (Lipinski definition) is 3. The van der Waals surface area contributed by atoms with Crippen molar-refractivity contribution in [1.29, 1.82) is 5.26 Å². The van der Waals surface area contributed by atoms with Crippen molar-refractivity contribution in [2.24, 2.45) is 0 Å². The van der Waals surface area contributed by atoms with Gasteiger partial charge in [-0.3, -0.25) is 4.79 Å². The zero-order valence-corrected chi connectivity index (χ0v) is 16.0. The van der Waals surface area contributed by atoms with Crippen LogP contribution in [0.3, 0.4) is 0 Å². The number of carbonyl (C=O) groups excluding carboxylic acids is 1. The minimum absolute atomic E-state index is 0.0209. The van der Waals surface area contributed by atoms with Crippen LogP contribution in [0.25, 0.3) is 6.08 Å². The first-order valence-corrected chi connectivity index (χ1v) is 8.78. The first kappa shape index (κ1) is 19.7. The highest BCUT2D eigenvalue weighted by Gasteiger charge is 2.12. The van der Waals surface area contributed by atoms with Gasteiger partial charge in [0.25, 0.3) is 5.91 Å². The summed E-state index contributed by atoms with van der Waals surface area (Å²) < 4.78 is 19.8. The van der Waals surface area contributed by atoms with Crippen molar-refractivity contribution < 1.29 is 13.9 Å². The van der Waals surface area contributed by atoms with E-state index in [1.165, 1.54) is 18.2 Å². The number of nitrogens with one attached hydrogen (secondary N) is 1. The van der Waals surface area contributed by atoms with Gasteiger partial charge in [0.1, 0.15) is 29.8 Å². The molecule has 0 aromatic heterocycles. The summed E-state index contributed by atoms with van der Waals surface area (Å²) in [5.41, 5.74) is 1.24. The summed E-state index contributed by atoms with van der Waals surface area (Å²) in [5.74, 6) is -0.291. The summed E-state index contributed by atoms with van der Waals surface area (Å²) >= 11 is 3.37. The summed E-state index contributed by atoms with van der Waals surface area (Å²) in [7, 11) is 0. The van der Waals surface area contributed by atoms with Gasteiger partial charge in [0.2, 0.25) is 0 Å². The van der Waals surface area contributed by atoms with E-state index in [1.54, 1.807) is 30.3 Å². The molecule has 0 aliphatic carbocycles. The smallest absolute Gasteiger partial charge is 0.262 e. The van der Waals surface area contributed by atoms with E-state index in [2.05, 4.69) is 21.2 Å². The maximum atomic E-state index is 13.3. The molecule has 0 saturated carbocycles. The lowest BCUT2D eigenvalue weighted by Gasteiger charge is -2.11. The second-order valence-corrected chi connectivity index (χ2v) is 6.81. The van der Waals surface area contributed by atoms with Crippen LogP contribution >= 0.6 is 15.9 Å². The molecule has 1 amide bonds. The van der Waals surface area contributed by atoms with E-state index in [0.717, 1.165) is 4.47 Å². The Kier molecular flexibility index (Phi) is 6.93. The van der Waals surface area contributed by atoms with Crippen LogP contribution in [0.1, 0.15) is 25.0 Å². The summed E-state index contributed by atoms with van der Waals surface area (Å²) in [6.45, 7) is 3.80. The molecule has 2 rings (SSSR count). The third kappa shape index (κ3) is 5.71. The van der Waals surface area contributed by atoms with Crippen LogP contribution in [-0.2, 0) is 11.4 Å². The molecule has 26 heavy (non-hydrogen) atoms. The molecule has 0 atom stereocenters. The Balaban J connectivity index is 2.27. The molecule has 4 nitrogen and oxygen atoms in total. The molecule has 0 aliphatic heterocycles. The molecule has 0 bridgehead atoms. The standard InChI is InChI=1S/C20H18BrFN2O2/c1-13(2)24-20(25)16(11-23)9-15-10-17(21)6-7-19(15)26-12-14-4-3-5-18(22)8-14/h3-10,13H,12H2,1-2H3,(H,24,25)/b16-9+. The van der Waals surface area contributed by atoms with Crippen molar-refractivity contribution in [3.63, 3.8) is 0 Å². The Morgan fingerprint density at radius 1 is 1.35 bits per heavy atom. The molecule has 0 unspecified atom stereocenters. The SMILES string of the molecule is CC(C)NC(=O)/C(C#N)=C/c1cc(Br)ccc1OCc1cccc(F)c1. The number of amides is 1. The van der Waals surface area contributed by atoms with Gasteiger partial charge in [-0.25, -0.2) is 4.39 Å². The second-order valence-electron chi connectivity index (χ2n) is 5.90. The topological polar surface area (TPSA) is 62.1 Å². The maximum Gasteiger partial charge on any atom is 0.262 e. The van der Waals surface area contributed by atoms with Gasteiger partial charge in [-0.15, -0.1) is 0 Å². The van der Waals surface area contributed by atoms with Crippen LogP contribution in [0.15, 0.2) is 52.5 Å². The number of halogens is 2. The van der Waals surface area contributed by atoms with Crippen molar-refractivity contribution in [1.82, 2.24) is 5.32 Å². The summed E-state index contributed by atoms with van der Waals surface area (Å²) in [4.78, 5) is 12.1. The highest BCUT2D eigenvalue weighted by Crippen LogP contribution is 2.26. The maximum absolute atomic E-state index is 13.3. The molecule has 0 aliphatic rings. The number of hydrogen-bond donors (Lipinski definition) is 1. The van der Waals surface area contributed by atoms with E-state index in [0.29, 0.717) is 16.9 Å². The molecular weight excluding hydrogens is 399 g/mol. The normalized spacial score (nSPS) is 11.2. The Morgan fingerprint density at radius 3 is 2.77 bits per heavy atom. The van der Waals surface area contributed by atoms with E-state index in [-0.39, 0.29) is 24.0 Å². The number of benzene rings is 2. The first-order valence-electron chi connectivity index (χ1n) is 7.98. The average Bonchev–Trinajstić information content (AvgIpc) is 2.58. The monoisotopic (exact) mass is 416 g/mol. The average molecular weight is 417 g/mol. The van der Waals surface area contributed by atoms with Gasteiger partial charge in [0.05, 0.1) is 0 Å². The fourth-order valence-corrected chi connectivity index (χ4v) is 2.57. The molecule has 6 heteroatoms. The Hall–Kier alpha value is -2.65. The molecule has 0 fully saturated rings. The number of rotatable bonds is 6. The molecular formula is C20H18BrFN2O2. The van der Waals surface area contributed by atoms with Gasteiger partial charge in [0, 0.05) is 16.1 Å². The molecule has 1 N–H and O–H groups in total. The van der Waals surface area contributed by atoms with Gasteiger partial charge < -0.3 is 10.1 Å². The van der Waals surface area contributed by atoms with E-state index in [9.17, 15) is 14.4 Å². The van der Waals surface area contributed by atoms with Crippen LogP contribution in [0.5, 0.6) is 5.75 Å². The number of carbonyl (C=O) groups is 1. The fourth-order valence-electron chi connectivity index (χ4n) is 2.20. The number of nitrogens with zero attached hydrogens (tertiary/aromatic N) is 1. The molecule has 0 radical (unpaired) electrons. The molecule has 134 valence electrons. The Labute approximate surface area is 160 Å². The molecule has 0 saturated heterocycles. The van der Waals surface area contributed by atoms with Crippen LogP contribution < -0.4 is 10.1 Å². The van der Waals surface area contributed by atoms with E-state index >= 15 is 0 Å². The van der Waals surface area contributed by atoms with Crippen molar-refractivity contribution in [2.45, 2.75) is 26.5 Å². The lowest BCUT2D eigenvalue weighted by Crippen LogP contribution is -2.30. The minimum atomic E-state index is -0.446. The molecule has 2 aromatic carbocycles. The molecule has 0 spiro atoms. The third-order valence-electron chi connectivity index (χ3n) is 3.34. The zero-order chi connectivity index (χ0) is 19.1. The van der Waals surface area contributed by atoms with Crippen LogP contribution in [0.2, 0.25) is 0 Å². The van der Waals surface area contributed by atoms with Gasteiger partial charge in [0.15, 0.2) is 0 Å². The summed E-state index contributed by atoms with van der Waals surface area (Å²) in [6.07, 6.45) is 1.48. The number of nitriles is 1. The van der Waals surface area contributed by atoms with Gasteiger partial charge in [-0.1, -0.05) is 28.1 Å². The van der Waals surface area contributed by atoms with E-state index in [4.69, 9.17) is 4.74 Å². The van der Waals surface area contributed by atoms with Crippen LogP contribution in [-0.4, -0.2) is 11.9 Å². The molecule has 0 heterocycles. The fraction of sp³-hybridized carbons (Fsp3) is 0.200. The minimum Gasteiger partial charge on any atom is -0.488 e. The molecule has 2 aromatic rings. The highest BCUT2D eigenvalue weighted by atomic mass is 79.9. The Bertz CT molecular complexity index is 872.